The van der Waals surface area contributed by atoms with Gasteiger partial charge in [0.05, 0.1) is 18.6 Å². The lowest BCUT2D eigenvalue weighted by atomic mass is 10.1. The van der Waals surface area contributed by atoms with E-state index in [1.54, 1.807) is 18.4 Å². The number of carbonyl (C=O) groups is 2. The topological polar surface area (TPSA) is 106 Å². The van der Waals surface area contributed by atoms with Crippen LogP contribution in [-0.2, 0) is 16.0 Å². The Bertz CT molecular complexity index is 1140. The molecule has 3 aromatic rings. The normalized spacial score (nSPS) is 11.0. The molecule has 0 radical (unpaired) electrons. The van der Waals surface area contributed by atoms with Crippen molar-refractivity contribution in [1.29, 1.82) is 0 Å². The van der Waals surface area contributed by atoms with Crippen LogP contribution in [-0.4, -0.2) is 33.1 Å². The first kappa shape index (κ1) is 19.8. The molecule has 28 heavy (non-hydrogen) atoms. The van der Waals surface area contributed by atoms with E-state index in [2.05, 4.69) is 15.4 Å². The first-order valence-electron chi connectivity index (χ1n) is 8.87. The summed E-state index contributed by atoms with van der Waals surface area (Å²) in [5.41, 5.74) is 3.60. The van der Waals surface area contributed by atoms with Crippen molar-refractivity contribution in [2.24, 2.45) is 0 Å². The lowest BCUT2D eigenvalue weighted by molar-refractivity contribution is -0.115. The number of amides is 1. The Morgan fingerprint density at radius 2 is 2.00 bits per heavy atom. The van der Waals surface area contributed by atoms with Crippen molar-refractivity contribution in [2.45, 2.75) is 41.0 Å². The van der Waals surface area contributed by atoms with Gasteiger partial charge in [-0.25, -0.2) is 14.3 Å². The van der Waals surface area contributed by atoms with E-state index < -0.39 is 5.97 Å². The zero-order valence-electron chi connectivity index (χ0n) is 16.4. The van der Waals surface area contributed by atoms with Crippen LogP contribution in [0.2, 0.25) is 0 Å². The highest BCUT2D eigenvalue weighted by atomic mass is 32.1. The maximum absolute atomic E-state index is 12.7. The summed E-state index contributed by atoms with van der Waals surface area (Å²) in [4.78, 5) is 41.9. The largest absolute Gasteiger partial charge is 0.462 e. The molecule has 8 nitrogen and oxygen atoms in total. The number of nitrogens with one attached hydrogen (secondary N) is 2. The summed E-state index contributed by atoms with van der Waals surface area (Å²) in [6.45, 7) is 9.36. The third-order valence-corrected chi connectivity index (χ3v) is 5.78. The smallest absolute Gasteiger partial charge is 0.341 e. The van der Waals surface area contributed by atoms with Gasteiger partial charge in [0.2, 0.25) is 5.91 Å². The van der Waals surface area contributed by atoms with E-state index in [9.17, 15) is 14.4 Å². The first-order valence-corrected chi connectivity index (χ1v) is 9.69. The number of esters is 1. The van der Waals surface area contributed by atoms with Crippen molar-refractivity contribution < 1.29 is 14.3 Å². The second-order valence-corrected chi connectivity index (χ2v) is 7.73. The van der Waals surface area contributed by atoms with Gasteiger partial charge in [-0.2, -0.15) is 0 Å². The van der Waals surface area contributed by atoms with Crippen LogP contribution in [0.4, 0.5) is 5.00 Å². The number of hydrogen-bond acceptors (Lipinski definition) is 6. The van der Waals surface area contributed by atoms with E-state index in [4.69, 9.17) is 4.74 Å². The Hall–Kier alpha value is -2.94. The molecule has 0 aliphatic heterocycles. The number of hydrogen-bond donors (Lipinski definition) is 2. The van der Waals surface area contributed by atoms with Gasteiger partial charge in [-0.3, -0.25) is 14.7 Å². The molecule has 0 spiro atoms. The maximum Gasteiger partial charge on any atom is 0.341 e. The fourth-order valence-electron chi connectivity index (χ4n) is 3.11. The lowest BCUT2D eigenvalue weighted by Gasteiger charge is -2.12. The fourth-order valence-corrected chi connectivity index (χ4v) is 4.17. The number of carbonyl (C=O) groups excluding carboxylic acids is 2. The van der Waals surface area contributed by atoms with Crippen LogP contribution in [0.25, 0.3) is 5.65 Å². The van der Waals surface area contributed by atoms with Gasteiger partial charge in [-0.1, -0.05) is 0 Å². The zero-order valence-corrected chi connectivity index (χ0v) is 17.2. The summed E-state index contributed by atoms with van der Waals surface area (Å²) < 4.78 is 6.69. The number of thiophene rings is 1. The van der Waals surface area contributed by atoms with E-state index in [-0.39, 0.29) is 24.5 Å². The Labute approximate surface area is 165 Å². The Morgan fingerprint density at radius 3 is 2.68 bits per heavy atom. The zero-order chi connectivity index (χ0) is 20.6. The van der Waals surface area contributed by atoms with Crippen molar-refractivity contribution in [3.8, 4) is 0 Å². The van der Waals surface area contributed by atoms with Crippen LogP contribution in [0.5, 0.6) is 0 Å². The van der Waals surface area contributed by atoms with E-state index in [1.165, 1.54) is 17.4 Å². The molecule has 0 aliphatic carbocycles. The number of H-pyrrole nitrogens is 1. The molecule has 0 saturated heterocycles. The van der Waals surface area contributed by atoms with Gasteiger partial charge in [0.1, 0.15) is 5.00 Å². The van der Waals surface area contributed by atoms with Gasteiger partial charge >= 0.3 is 5.97 Å². The molecule has 0 aliphatic rings. The molecule has 3 rings (SSSR count). The number of aromatic nitrogens is 3. The summed E-state index contributed by atoms with van der Waals surface area (Å²) in [5.74, 6) is -0.714. The molecular weight excluding hydrogens is 380 g/mol. The summed E-state index contributed by atoms with van der Waals surface area (Å²) in [6.07, 6.45) is 0.0685. The minimum atomic E-state index is -0.444. The van der Waals surface area contributed by atoms with Crippen molar-refractivity contribution in [3.63, 3.8) is 0 Å². The highest BCUT2D eigenvalue weighted by Crippen LogP contribution is 2.33. The quantitative estimate of drug-likeness (QED) is 0.638. The maximum atomic E-state index is 12.7. The van der Waals surface area contributed by atoms with Gasteiger partial charge in [0, 0.05) is 27.9 Å². The highest BCUT2D eigenvalue weighted by Gasteiger charge is 2.23. The van der Waals surface area contributed by atoms with Crippen LogP contribution >= 0.6 is 11.3 Å². The van der Waals surface area contributed by atoms with Crippen LogP contribution in [0.3, 0.4) is 0 Å². The Balaban J connectivity index is 1.90. The fraction of sp³-hybridized carbons (Fsp3) is 0.368. The predicted molar refractivity (Wildman–Crippen MR) is 107 cm³/mol. The molecule has 0 fully saturated rings. The SMILES string of the molecule is CCOC(=O)c1c(NC(=O)Cc2c(C)nc3cc(=O)[nH]n3c2C)sc(C)c1C. The summed E-state index contributed by atoms with van der Waals surface area (Å²) in [7, 11) is 0. The number of nitrogens with zero attached hydrogens (tertiary/aromatic N) is 2. The van der Waals surface area contributed by atoms with Crippen molar-refractivity contribution >= 4 is 33.9 Å². The third-order valence-electron chi connectivity index (χ3n) is 4.66. The molecule has 1 amide bonds. The molecule has 0 atom stereocenters. The van der Waals surface area contributed by atoms with Gasteiger partial charge in [-0.05, 0) is 40.2 Å². The van der Waals surface area contributed by atoms with E-state index in [0.29, 0.717) is 21.9 Å². The molecule has 3 aromatic heterocycles. The van der Waals surface area contributed by atoms with Crippen molar-refractivity contribution in [1.82, 2.24) is 14.6 Å². The number of aryl methyl sites for hydroxylation is 3. The second kappa shape index (κ2) is 7.59. The highest BCUT2D eigenvalue weighted by molar-refractivity contribution is 7.16. The third kappa shape index (κ3) is 3.57. The van der Waals surface area contributed by atoms with Crippen molar-refractivity contribution in [2.75, 3.05) is 11.9 Å². The Kier molecular flexibility index (Phi) is 5.37. The Morgan fingerprint density at radius 1 is 1.29 bits per heavy atom. The standard InChI is InChI=1S/C19H22N4O4S/c1-6-27-19(26)17-9(2)12(5)28-18(17)21-15(24)7-13-10(3)20-14-8-16(25)22-23(14)11(13)4/h8H,6-7H2,1-5H3,(H,21,24)(H,22,25). The van der Waals surface area contributed by atoms with Gasteiger partial charge in [-0.15, -0.1) is 11.3 Å². The molecule has 9 heteroatoms. The predicted octanol–water partition coefficient (Wildman–Crippen LogP) is 2.68. The van der Waals surface area contributed by atoms with Gasteiger partial charge < -0.3 is 10.1 Å². The van der Waals surface area contributed by atoms with E-state index >= 15 is 0 Å². The van der Waals surface area contributed by atoms with Crippen LogP contribution in [0.15, 0.2) is 10.9 Å². The lowest BCUT2D eigenvalue weighted by Crippen LogP contribution is -2.19. The average Bonchev–Trinajstić information content (AvgIpc) is 3.11. The van der Waals surface area contributed by atoms with E-state index in [0.717, 1.165) is 21.7 Å². The number of anilines is 1. The summed E-state index contributed by atoms with van der Waals surface area (Å²) in [6, 6.07) is 1.41. The summed E-state index contributed by atoms with van der Waals surface area (Å²) >= 11 is 1.35. The number of aromatic amines is 1. The number of rotatable bonds is 5. The van der Waals surface area contributed by atoms with E-state index in [1.807, 2.05) is 20.8 Å². The second-order valence-electron chi connectivity index (χ2n) is 6.51. The molecule has 3 heterocycles. The average molecular weight is 402 g/mol. The first-order chi connectivity index (χ1) is 13.2. The molecule has 0 bridgehead atoms. The molecule has 148 valence electrons. The summed E-state index contributed by atoms with van der Waals surface area (Å²) in [5, 5.41) is 5.99. The molecule has 0 saturated carbocycles. The minimum Gasteiger partial charge on any atom is -0.462 e. The van der Waals surface area contributed by atoms with Gasteiger partial charge in [0.15, 0.2) is 5.65 Å². The molecule has 2 N–H and O–H groups in total. The van der Waals surface area contributed by atoms with Gasteiger partial charge in [0.25, 0.3) is 5.56 Å². The molecule has 0 unspecified atom stereocenters. The minimum absolute atomic E-state index is 0.0685. The number of fused-ring (bicyclic) bond motifs is 1. The van der Waals surface area contributed by atoms with Crippen LogP contribution < -0.4 is 10.9 Å². The van der Waals surface area contributed by atoms with Crippen molar-refractivity contribution in [3.05, 3.63) is 49.4 Å². The van der Waals surface area contributed by atoms with Crippen LogP contribution in [0, 0.1) is 27.7 Å². The molecular formula is C19H22N4O4S. The van der Waals surface area contributed by atoms with Crippen LogP contribution in [0.1, 0.15) is 44.7 Å². The number of ether oxygens (including phenoxy) is 1. The monoisotopic (exact) mass is 402 g/mol. The molecule has 0 aromatic carbocycles.